The SMILES string of the molecule is O=C(c1cccc([N+](=O)[O-])c1)[C@@H]1[C@@H]2C(=O)N(c3ccccc3C(F)(F)F)C(=O)[C@@H]2[C@@H]2c3ccccc3C=CN12. The number of anilines is 1. The van der Waals surface area contributed by atoms with E-state index in [1.54, 1.807) is 41.4 Å². The molecule has 4 atom stereocenters. The lowest BCUT2D eigenvalue weighted by molar-refractivity contribution is -0.384. The summed E-state index contributed by atoms with van der Waals surface area (Å²) in [6, 6.07) is 14.3. The molecule has 0 spiro atoms. The molecule has 8 nitrogen and oxygen atoms in total. The van der Waals surface area contributed by atoms with Crippen LogP contribution in [0.5, 0.6) is 0 Å². The van der Waals surface area contributed by atoms with Crippen molar-refractivity contribution in [2.24, 2.45) is 11.8 Å². The Bertz CT molecular complexity index is 1600. The lowest BCUT2D eigenvalue weighted by Gasteiger charge is -2.35. The van der Waals surface area contributed by atoms with E-state index in [0.29, 0.717) is 10.5 Å². The summed E-state index contributed by atoms with van der Waals surface area (Å²) < 4.78 is 41.6. The van der Waals surface area contributed by atoms with Gasteiger partial charge in [0.15, 0.2) is 5.78 Å². The van der Waals surface area contributed by atoms with Crippen molar-refractivity contribution in [3.63, 3.8) is 0 Å². The molecule has 39 heavy (non-hydrogen) atoms. The summed E-state index contributed by atoms with van der Waals surface area (Å²) in [5, 5.41) is 11.3. The molecule has 2 saturated heterocycles. The van der Waals surface area contributed by atoms with Gasteiger partial charge in [-0.15, -0.1) is 0 Å². The smallest absolute Gasteiger partial charge is 0.358 e. The molecule has 0 bridgehead atoms. The predicted octanol–water partition coefficient (Wildman–Crippen LogP) is 5.01. The van der Waals surface area contributed by atoms with Gasteiger partial charge in [0.1, 0.15) is 6.04 Å². The number of carbonyl (C=O) groups is 3. The molecule has 2 amide bonds. The average molecular weight is 533 g/mol. The van der Waals surface area contributed by atoms with Crippen LogP contribution in [0.2, 0.25) is 0 Å². The van der Waals surface area contributed by atoms with E-state index >= 15 is 0 Å². The summed E-state index contributed by atoms with van der Waals surface area (Å²) in [4.78, 5) is 54.4. The minimum atomic E-state index is -4.83. The fourth-order valence-corrected chi connectivity index (χ4v) is 5.95. The number of imide groups is 1. The number of non-ortho nitro benzene ring substituents is 1. The Morgan fingerprint density at radius 3 is 2.33 bits per heavy atom. The van der Waals surface area contributed by atoms with E-state index < -0.39 is 63.9 Å². The van der Waals surface area contributed by atoms with Crippen molar-refractivity contribution < 1.29 is 32.5 Å². The molecule has 0 unspecified atom stereocenters. The first-order valence-corrected chi connectivity index (χ1v) is 12.0. The highest BCUT2D eigenvalue weighted by molar-refractivity contribution is 6.25. The number of nitrogens with zero attached hydrogens (tertiary/aromatic N) is 3. The first-order valence-electron chi connectivity index (χ1n) is 12.0. The first-order chi connectivity index (χ1) is 18.6. The van der Waals surface area contributed by atoms with Gasteiger partial charge in [-0.1, -0.05) is 48.5 Å². The molecule has 6 rings (SSSR count). The van der Waals surface area contributed by atoms with Crippen LogP contribution < -0.4 is 4.90 Å². The molecule has 3 aromatic rings. The van der Waals surface area contributed by atoms with Gasteiger partial charge in [0.25, 0.3) is 5.69 Å². The number of Topliss-reactive ketones (excluding diaryl/α,β-unsaturated/α-hetero) is 1. The summed E-state index contributed by atoms with van der Waals surface area (Å²) in [5.41, 5.74) is -0.723. The van der Waals surface area contributed by atoms with E-state index in [1.165, 1.54) is 24.3 Å². The van der Waals surface area contributed by atoms with E-state index in [2.05, 4.69) is 0 Å². The topological polar surface area (TPSA) is 101 Å². The van der Waals surface area contributed by atoms with Crippen LogP contribution in [0, 0.1) is 22.0 Å². The van der Waals surface area contributed by atoms with E-state index in [1.807, 2.05) is 0 Å². The highest BCUT2D eigenvalue weighted by Crippen LogP contribution is 2.54. The van der Waals surface area contributed by atoms with Gasteiger partial charge in [-0.3, -0.25) is 24.5 Å². The molecule has 3 aliphatic heterocycles. The maximum Gasteiger partial charge on any atom is 0.418 e. The second-order valence-electron chi connectivity index (χ2n) is 9.53. The van der Waals surface area contributed by atoms with Gasteiger partial charge in [-0.25, -0.2) is 4.90 Å². The monoisotopic (exact) mass is 533 g/mol. The maximum absolute atomic E-state index is 13.9. The number of ketones is 1. The Labute approximate surface area is 219 Å². The second kappa shape index (κ2) is 8.62. The fraction of sp³-hybridized carbons (Fsp3) is 0.179. The fourth-order valence-electron chi connectivity index (χ4n) is 5.95. The Morgan fingerprint density at radius 2 is 1.59 bits per heavy atom. The molecule has 2 fully saturated rings. The van der Waals surface area contributed by atoms with Crippen LogP contribution in [0.3, 0.4) is 0 Å². The quantitative estimate of drug-likeness (QED) is 0.202. The molecule has 3 heterocycles. The van der Waals surface area contributed by atoms with E-state index in [0.717, 1.165) is 29.8 Å². The van der Waals surface area contributed by atoms with Crippen LogP contribution in [-0.4, -0.2) is 33.5 Å². The molecule has 196 valence electrons. The lowest BCUT2D eigenvalue weighted by Crippen LogP contribution is -2.44. The maximum atomic E-state index is 13.9. The number of hydrogen-bond acceptors (Lipinski definition) is 6. The molecule has 0 N–H and O–H groups in total. The zero-order valence-corrected chi connectivity index (χ0v) is 19.9. The molecule has 3 aromatic carbocycles. The van der Waals surface area contributed by atoms with Gasteiger partial charge in [0.2, 0.25) is 11.8 Å². The standard InChI is InChI=1S/C28H18F3N3O5/c29-28(30,31)19-10-3-4-11-20(19)33-26(36)21-22(27(33)37)24(25(35)16-7-5-8-17(14-16)34(38)39)32-13-12-15-6-1-2-9-18(15)23(21)32/h1-14,21-24H/t21-,22+,23-,24-/m0/s1. The Kier molecular flexibility index (Phi) is 5.42. The average Bonchev–Trinajstić information content (AvgIpc) is 3.40. The molecular formula is C28H18F3N3O5. The highest BCUT2D eigenvalue weighted by Gasteiger charge is 2.65. The zero-order chi connectivity index (χ0) is 27.6. The third-order valence-electron chi connectivity index (χ3n) is 7.52. The summed E-state index contributed by atoms with van der Waals surface area (Å²) in [6.07, 6.45) is -1.51. The minimum absolute atomic E-state index is 0.0461. The number of halogens is 3. The van der Waals surface area contributed by atoms with Crippen LogP contribution in [0.25, 0.3) is 6.08 Å². The van der Waals surface area contributed by atoms with Gasteiger partial charge >= 0.3 is 6.18 Å². The second-order valence-corrected chi connectivity index (χ2v) is 9.53. The highest BCUT2D eigenvalue weighted by atomic mass is 19.4. The number of nitro benzene ring substituents is 1. The molecular weight excluding hydrogens is 515 g/mol. The van der Waals surface area contributed by atoms with E-state index in [9.17, 15) is 37.7 Å². The van der Waals surface area contributed by atoms with Gasteiger partial charge in [0, 0.05) is 23.9 Å². The molecule has 11 heteroatoms. The van der Waals surface area contributed by atoms with Crippen LogP contribution in [0.15, 0.2) is 79.0 Å². The molecule has 0 aromatic heterocycles. The number of hydrogen-bond donors (Lipinski definition) is 0. The van der Waals surface area contributed by atoms with Crippen LogP contribution >= 0.6 is 0 Å². The Morgan fingerprint density at radius 1 is 0.897 bits per heavy atom. The number of carbonyl (C=O) groups excluding carboxylic acids is 3. The summed E-state index contributed by atoms with van der Waals surface area (Å²) in [6.45, 7) is 0. The van der Waals surface area contributed by atoms with Gasteiger partial charge in [-0.2, -0.15) is 13.2 Å². The lowest BCUT2D eigenvalue weighted by atomic mass is 9.83. The van der Waals surface area contributed by atoms with Gasteiger partial charge in [-0.05, 0) is 29.3 Å². The Balaban J connectivity index is 1.51. The number of rotatable bonds is 4. The number of para-hydroxylation sites is 1. The van der Waals surface area contributed by atoms with Crippen molar-refractivity contribution in [2.75, 3.05) is 4.90 Å². The van der Waals surface area contributed by atoms with Crippen molar-refractivity contribution >= 4 is 35.0 Å². The normalized spacial score (nSPS) is 23.5. The number of alkyl halides is 3. The first kappa shape index (κ1) is 24.5. The summed E-state index contributed by atoms with van der Waals surface area (Å²) >= 11 is 0. The molecule has 3 aliphatic rings. The van der Waals surface area contributed by atoms with Crippen molar-refractivity contribution in [3.05, 3.63) is 111 Å². The number of fused-ring (bicyclic) bond motifs is 5. The van der Waals surface area contributed by atoms with Crippen molar-refractivity contribution in [2.45, 2.75) is 18.3 Å². The summed E-state index contributed by atoms with van der Waals surface area (Å²) in [5.74, 6) is -4.88. The number of nitro groups is 1. The third kappa shape index (κ3) is 3.64. The van der Waals surface area contributed by atoms with Gasteiger partial charge in [0.05, 0.1) is 34.1 Å². The Hall–Kier alpha value is -4.80. The van der Waals surface area contributed by atoms with Crippen LogP contribution in [0.1, 0.15) is 33.1 Å². The van der Waals surface area contributed by atoms with Crippen molar-refractivity contribution in [1.29, 1.82) is 0 Å². The minimum Gasteiger partial charge on any atom is -0.358 e. The number of benzene rings is 3. The van der Waals surface area contributed by atoms with E-state index in [-0.39, 0.29) is 11.3 Å². The van der Waals surface area contributed by atoms with Crippen molar-refractivity contribution in [3.8, 4) is 0 Å². The number of amides is 2. The van der Waals surface area contributed by atoms with Crippen LogP contribution in [0.4, 0.5) is 24.5 Å². The third-order valence-corrected chi connectivity index (χ3v) is 7.52. The molecule has 0 saturated carbocycles. The van der Waals surface area contributed by atoms with Gasteiger partial charge < -0.3 is 4.90 Å². The van der Waals surface area contributed by atoms with E-state index in [4.69, 9.17) is 0 Å². The van der Waals surface area contributed by atoms with Crippen molar-refractivity contribution in [1.82, 2.24) is 4.90 Å². The largest absolute Gasteiger partial charge is 0.418 e. The molecule has 0 aliphatic carbocycles. The molecule has 0 radical (unpaired) electrons. The summed E-state index contributed by atoms with van der Waals surface area (Å²) in [7, 11) is 0. The predicted molar refractivity (Wildman–Crippen MR) is 132 cm³/mol. The zero-order valence-electron chi connectivity index (χ0n) is 19.9. The van der Waals surface area contributed by atoms with Crippen LogP contribution in [-0.2, 0) is 15.8 Å².